The highest BCUT2D eigenvalue weighted by Crippen LogP contribution is 2.27. The van der Waals surface area contributed by atoms with E-state index in [0.717, 1.165) is 0 Å². The molecule has 31 heavy (non-hydrogen) atoms. The van der Waals surface area contributed by atoms with Crippen molar-refractivity contribution in [3.8, 4) is 5.75 Å². The number of carbonyl (C=O) groups excluding carboxylic acids is 2. The van der Waals surface area contributed by atoms with Gasteiger partial charge in [-0.25, -0.2) is 0 Å². The zero-order valence-electron chi connectivity index (χ0n) is 16.4. The van der Waals surface area contributed by atoms with Gasteiger partial charge in [-0.2, -0.15) is 0 Å². The molecule has 2 amide bonds. The first-order valence-electron chi connectivity index (χ1n) is 9.22. The van der Waals surface area contributed by atoms with Crippen molar-refractivity contribution >= 4 is 23.2 Å². The van der Waals surface area contributed by atoms with Crippen LogP contribution in [0.1, 0.15) is 26.8 Å². The maximum Gasteiger partial charge on any atom is 0.573 e. The molecule has 0 aliphatic heterocycles. The van der Waals surface area contributed by atoms with Gasteiger partial charge in [0.25, 0.3) is 5.91 Å². The molecule has 1 heterocycles. The monoisotopic (exact) mass is 448 g/mol. The lowest BCUT2D eigenvalue weighted by Gasteiger charge is -2.25. The normalized spacial score (nSPS) is 12.1. The molecule has 0 aliphatic rings. The average Bonchev–Trinajstić information content (AvgIpc) is 3.27. The topological polar surface area (TPSA) is 58.6 Å². The van der Waals surface area contributed by atoms with E-state index in [4.69, 9.17) is 0 Å². The van der Waals surface area contributed by atoms with Crippen molar-refractivity contribution < 1.29 is 27.5 Å². The summed E-state index contributed by atoms with van der Waals surface area (Å²) in [4.78, 5) is 27.5. The van der Waals surface area contributed by atoms with Gasteiger partial charge < -0.3 is 15.0 Å². The fraction of sp³-hybridized carbons (Fsp3) is 0.182. The van der Waals surface area contributed by atoms with E-state index in [1.165, 1.54) is 41.5 Å². The summed E-state index contributed by atoms with van der Waals surface area (Å²) in [5.41, 5.74) is 0.746. The number of nitrogens with zero attached hydrogens (tertiary/aromatic N) is 1. The molecular formula is C22H19F3N2O3S. The predicted molar refractivity (Wildman–Crippen MR) is 111 cm³/mol. The molecule has 0 bridgehead atoms. The van der Waals surface area contributed by atoms with Gasteiger partial charge in [0.1, 0.15) is 11.8 Å². The average molecular weight is 448 g/mol. The lowest BCUT2D eigenvalue weighted by atomic mass is 10.0. The Morgan fingerprint density at radius 2 is 1.71 bits per heavy atom. The standard InChI is InChI=1S/C22H19F3N2O3S/c1-27(14-16-10-5-6-11-17(16)30-22(23,24)25)21(29)19(15-8-3-2-4-9-15)26-20(28)18-12-7-13-31-18/h2-13,19H,14H2,1H3,(H,26,28)/t19-/m1/s1. The van der Waals surface area contributed by atoms with Crippen LogP contribution >= 0.6 is 11.3 Å². The van der Waals surface area contributed by atoms with Gasteiger partial charge in [-0.05, 0) is 23.1 Å². The number of ether oxygens (including phenoxy) is 1. The number of benzene rings is 2. The molecule has 5 nitrogen and oxygen atoms in total. The summed E-state index contributed by atoms with van der Waals surface area (Å²) >= 11 is 1.24. The van der Waals surface area contributed by atoms with Crippen molar-refractivity contribution in [3.05, 3.63) is 88.1 Å². The van der Waals surface area contributed by atoms with Crippen molar-refractivity contribution in [2.24, 2.45) is 0 Å². The van der Waals surface area contributed by atoms with E-state index in [9.17, 15) is 22.8 Å². The van der Waals surface area contributed by atoms with E-state index in [1.807, 2.05) is 0 Å². The molecule has 3 aromatic rings. The summed E-state index contributed by atoms with van der Waals surface area (Å²) in [6.07, 6.45) is -4.85. The Balaban J connectivity index is 1.82. The number of likely N-dealkylation sites (N-methyl/N-ethyl adjacent to an activating group) is 1. The molecule has 2 aromatic carbocycles. The molecule has 1 aromatic heterocycles. The number of para-hydroxylation sites is 1. The Bertz CT molecular complexity index is 1020. The van der Waals surface area contributed by atoms with Crippen molar-refractivity contribution in [2.45, 2.75) is 18.9 Å². The minimum absolute atomic E-state index is 0.136. The van der Waals surface area contributed by atoms with Gasteiger partial charge in [0.2, 0.25) is 5.91 Å². The maximum atomic E-state index is 13.2. The molecule has 0 saturated heterocycles. The number of carbonyl (C=O) groups is 2. The van der Waals surface area contributed by atoms with E-state index < -0.39 is 24.2 Å². The summed E-state index contributed by atoms with van der Waals surface area (Å²) in [6, 6.07) is 16.6. The van der Waals surface area contributed by atoms with E-state index in [-0.39, 0.29) is 17.9 Å². The molecule has 0 spiro atoms. The van der Waals surface area contributed by atoms with Gasteiger partial charge in [-0.15, -0.1) is 24.5 Å². The molecule has 1 N–H and O–H groups in total. The van der Waals surface area contributed by atoms with Crippen molar-refractivity contribution in [1.82, 2.24) is 10.2 Å². The summed E-state index contributed by atoms with van der Waals surface area (Å²) in [7, 11) is 1.46. The fourth-order valence-corrected chi connectivity index (χ4v) is 3.58. The number of halogens is 3. The maximum absolute atomic E-state index is 13.2. The van der Waals surface area contributed by atoms with E-state index in [1.54, 1.807) is 53.9 Å². The zero-order chi connectivity index (χ0) is 22.4. The van der Waals surface area contributed by atoms with Crippen molar-refractivity contribution in [1.29, 1.82) is 0 Å². The van der Waals surface area contributed by atoms with Crippen LogP contribution < -0.4 is 10.1 Å². The van der Waals surface area contributed by atoms with Crippen LogP contribution in [0.25, 0.3) is 0 Å². The Morgan fingerprint density at radius 3 is 2.35 bits per heavy atom. The van der Waals surface area contributed by atoms with Crippen molar-refractivity contribution in [3.63, 3.8) is 0 Å². The zero-order valence-corrected chi connectivity index (χ0v) is 17.2. The molecule has 0 radical (unpaired) electrons. The molecule has 162 valence electrons. The molecule has 0 fully saturated rings. The van der Waals surface area contributed by atoms with Gasteiger partial charge >= 0.3 is 6.36 Å². The molecule has 0 aliphatic carbocycles. The van der Waals surface area contributed by atoms with Crippen LogP contribution in [0, 0.1) is 0 Å². The minimum atomic E-state index is -4.85. The number of hydrogen-bond acceptors (Lipinski definition) is 4. The second-order valence-electron chi connectivity index (χ2n) is 6.64. The Labute approximate surface area is 181 Å². The number of nitrogens with one attached hydrogen (secondary N) is 1. The smallest absolute Gasteiger partial charge is 0.405 e. The fourth-order valence-electron chi connectivity index (χ4n) is 2.96. The molecule has 1 atom stereocenters. The highest BCUT2D eigenvalue weighted by Gasteiger charge is 2.32. The van der Waals surface area contributed by atoms with Gasteiger partial charge in [0, 0.05) is 19.2 Å². The molecule has 9 heteroatoms. The van der Waals surface area contributed by atoms with Gasteiger partial charge in [0.15, 0.2) is 0 Å². The summed E-state index contributed by atoms with van der Waals surface area (Å²) in [5, 5.41) is 4.47. The highest BCUT2D eigenvalue weighted by molar-refractivity contribution is 7.12. The lowest BCUT2D eigenvalue weighted by Crippen LogP contribution is -2.41. The number of alkyl halides is 3. The molecule has 0 unspecified atom stereocenters. The Morgan fingerprint density at radius 1 is 1.03 bits per heavy atom. The third-order valence-electron chi connectivity index (χ3n) is 4.38. The van der Waals surface area contributed by atoms with Crippen LogP contribution in [0.4, 0.5) is 13.2 Å². The summed E-state index contributed by atoms with van der Waals surface area (Å²) in [5.74, 6) is -1.27. The molecule has 3 rings (SSSR count). The van der Waals surface area contributed by atoms with E-state index in [2.05, 4.69) is 10.1 Å². The highest BCUT2D eigenvalue weighted by atomic mass is 32.1. The number of rotatable bonds is 7. The Kier molecular flexibility index (Phi) is 6.96. The quantitative estimate of drug-likeness (QED) is 0.566. The SMILES string of the molecule is CN(Cc1ccccc1OC(F)(F)F)C(=O)[C@H](NC(=O)c1cccs1)c1ccccc1. The van der Waals surface area contributed by atoms with Crippen LogP contribution in [-0.4, -0.2) is 30.1 Å². The van der Waals surface area contributed by atoms with Crippen molar-refractivity contribution in [2.75, 3.05) is 7.05 Å². The van der Waals surface area contributed by atoms with Crippen LogP contribution in [0.15, 0.2) is 72.1 Å². The first-order valence-corrected chi connectivity index (χ1v) is 10.1. The van der Waals surface area contributed by atoms with Gasteiger partial charge in [0.05, 0.1) is 4.88 Å². The number of amides is 2. The third kappa shape index (κ3) is 6.08. The summed E-state index contributed by atoms with van der Waals surface area (Å²) < 4.78 is 42.2. The van der Waals surface area contributed by atoms with Crippen LogP contribution in [0.2, 0.25) is 0 Å². The van der Waals surface area contributed by atoms with Gasteiger partial charge in [-0.3, -0.25) is 9.59 Å². The van der Waals surface area contributed by atoms with Crippen LogP contribution in [0.3, 0.4) is 0 Å². The van der Waals surface area contributed by atoms with Gasteiger partial charge in [-0.1, -0.05) is 54.6 Å². The second-order valence-corrected chi connectivity index (χ2v) is 7.59. The lowest BCUT2D eigenvalue weighted by molar-refractivity contribution is -0.275. The summed E-state index contributed by atoms with van der Waals surface area (Å²) in [6.45, 7) is -0.136. The second kappa shape index (κ2) is 9.65. The predicted octanol–water partition coefficient (Wildman–Crippen LogP) is 4.78. The number of hydrogen-bond donors (Lipinski definition) is 1. The minimum Gasteiger partial charge on any atom is -0.405 e. The third-order valence-corrected chi connectivity index (χ3v) is 5.25. The Hall–Kier alpha value is -3.33. The van der Waals surface area contributed by atoms with Crippen LogP contribution in [-0.2, 0) is 11.3 Å². The molecular weight excluding hydrogens is 429 g/mol. The van der Waals surface area contributed by atoms with E-state index >= 15 is 0 Å². The first kappa shape index (κ1) is 22.4. The largest absolute Gasteiger partial charge is 0.573 e. The van der Waals surface area contributed by atoms with Crippen LogP contribution in [0.5, 0.6) is 5.75 Å². The molecule has 0 saturated carbocycles. The number of thiophene rings is 1. The first-order chi connectivity index (χ1) is 14.7. The van der Waals surface area contributed by atoms with E-state index in [0.29, 0.717) is 10.4 Å².